The van der Waals surface area contributed by atoms with E-state index >= 15 is 0 Å². The van der Waals surface area contributed by atoms with Crippen LogP contribution >= 0.6 is 0 Å². The highest BCUT2D eigenvalue weighted by Gasteiger charge is 2.01. The average molecular weight is 297 g/mol. The van der Waals surface area contributed by atoms with Crippen molar-refractivity contribution in [2.75, 3.05) is 19.5 Å². The van der Waals surface area contributed by atoms with Crippen LogP contribution in [-0.4, -0.2) is 20.1 Å². The molecule has 0 saturated carbocycles. The highest BCUT2D eigenvalue weighted by Crippen LogP contribution is 2.23. The summed E-state index contributed by atoms with van der Waals surface area (Å²) in [6, 6.07) is 13.1. The van der Waals surface area contributed by atoms with Gasteiger partial charge in [-0.2, -0.15) is 0 Å². The predicted octanol–water partition coefficient (Wildman–Crippen LogP) is 3.66. The lowest BCUT2D eigenvalue weighted by Crippen LogP contribution is -2.07. The van der Waals surface area contributed by atoms with Crippen molar-refractivity contribution in [3.05, 3.63) is 59.7 Å². The highest BCUT2D eigenvalue weighted by molar-refractivity contribution is 6.02. The Bertz CT molecular complexity index is 670. The van der Waals surface area contributed by atoms with E-state index in [2.05, 4.69) is 5.32 Å². The summed E-state index contributed by atoms with van der Waals surface area (Å²) < 4.78 is 10.4. The maximum absolute atomic E-state index is 11.9. The Morgan fingerprint density at radius 1 is 1.05 bits per heavy atom. The zero-order valence-corrected chi connectivity index (χ0v) is 12.9. The van der Waals surface area contributed by atoms with Crippen molar-refractivity contribution >= 4 is 17.7 Å². The minimum Gasteiger partial charge on any atom is -0.497 e. The Morgan fingerprint density at radius 2 is 1.73 bits per heavy atom. The van der Waals surface area contributed by atoms with E-state index in [0.717, 1.165) is 16.8 Å². The number of nitrogens with one attached hydrogen (secondary N) is 1. The zero-order chi connectivity index (χ0) is 15.9. The third kappa shape index (κ3) is 4.38. The highest BCUT2D eigenvalue weighted by atomic mass is 16.5. The van der Waals surface area contributed by atoms with Crippen LogP contribution in [0.4, 0.5) is 5.69 Å². The third-order valence-corrected chi connectivity index (χ3v) is 3.09. The van der Waals surface area contributed by atoms with Crippen molar-refractivity contribution in [2.45, 2.75) is 6.92 Å². The van der Waals surface area contributed by atoms with Crippen molar-refractivity contribution < 1.29 is 14.3 Å². The first kappa shape index (κ1) is 15.6. The molecule has 0 unspecified atom stereocenters. The fraction of sp³-hybridized carbons (Fsp3) is 0.167. The van der Waals surface area contributed by atoms with Gasteiger partial charge in [-0.05, 0) is 48.4 Å². The van der Waals surface area contributed by atoms with E-state index in [4.69, 9.17) is 9.47 Å². The molecule has 0 fully saturated rings. The molecule has 4 heteroatoms. The number of methoxy groups -OCH3 is 2. The molecule has 4 nitrogen and oxygen atoms in total. The first-order chi connectivity index (χ1) is 10.6. The molecule has 0 aliphatic carbocycles. The van der Waals surface area contributed by atoms with Crippen molar-refractivity contribution in [1.29, 1.82) is 0 Å². The van der Waals surface area contributed by atoms with E-state index in [1.54, 1.807) is 26.4 Å². The normalized spacial score (nSPS) is 10.5. The van der Waals surface area contributed by atoms with Crippen molar-refractivity contribution in [3.63, 3.8) is 0 Å². The number of hydrogen-bond donors (Lipinski definition) is 1. The number of benzene rings is 2. The molecule has 0 aliphatic rings. The Hall–Kier alpha value is -2.75. The van der Waals surface area contributed by atoms with E-state index in [-0.39, 0.29) is 5.91 Å². The van der Waals surface area contributed by atoms with Gasteiger partial charge in [0.1, 0.15) is 11.5 Å². The number of carbonyl (C=O) groups excluding carboxylic acids is 1. The summed E-state index contributed by atoms with van der Waals surface area (Å²) in [4.78, 5) is 11.9. The molecule has 0 radical (unpaired) electrons. The van der Waals surface area contributed by atoms with Crippen LogP contribution in [0.5, 0.6) is 11.5 Å². The monoisotopic (exact) mass is 297 g/mol. The summed E-state index contributed by atoms with van der Waals surface area (Å²) in [7, 11) is 3.18. The maximum atomic E-state index is 11.9. The summed E-state index contributed by atoms with van der Waals surface area (Å²) in [5.41, 5.74) is 2.70. The van der Waals surface area contributed by atoms with Crippen LogP contribution in [0.15, 0.2) is 48.5 Å². The molecule has 22 heavy (non-hydrogen) atoms. The standard InChI is InChI=1S/C18H19NO3/c1-13-5-4-6-15(9-13)19-18(20)8-7-14-10-16(21-2)12-17(11-14)22-3/h4-12H,1-3H3,(H,19,20)/b8-7+. The Kier molecular flexibility index (Phi) is 5.20. The van der Waals surface area contributed by atoms with Crippen LogP contribution in [0.3, 0.4) is 0 Å². The molecular formula is C18H19NO3. The topological polar surface area (TPSA) is 47.6 Å². The lowest BCUT2D eigenvalue weighted by Gasteiger charge is -2.06. The fourth-order valence-electron chi connectivity index (χ4n) is 2.00. The molecule has 114 valence electrons. The SMILES string of the molecule is COc1cc(/C=C/C(=O)Nc2cccc(C)c2)cc(OC)c1. The van der Waals surface area contributed by atoms with Gasteiger partial charge in [0, 0.05) is 17.8 Å². The van der Waals surface area contributed by atoms with Crippen LogP contribution in [0.25, 0.3) is 6.08 Å². The molecule has 2 aromatic rings. The number of rotatable bonds is 5. The second-order valence-electron chi connectivity index (χ2n) is 4.84. The number of carbonyl (C=O) groups is 1. The third-order valence-electron chi connectivity index (χ3n) is 3.09. The fourth-order valence-corrected chi connectivity index (χ4v) is 2.00. The number of anilines is 1. The molecule has 1 amide bonds. The maximum Gasteiger partial charge on any atom is 0.248 e. The number of ether oxygens (including phenoxy) is 2. The zero-order valence-electron chi connectivity index (χ0n) is 12.9. The number of hydrogen-bond acceptors (Lipinski definition) is 3. The van der Waals surface area contributed by atoms with Crippen molar-refractivity contribution in [1.82, 2.24) is 0 Å². The molecule has 2 rings (SSSR count). The molecule has 0 saturated heterocycles. The van der Waals surface area contributed by atoms with Crippen molar-refractivity contribution in [3.8, 4) is 11.5 Å². The number of aryl methyl sites for hydroxylation is 1. The minimum atomic E-state index is -0.188. The summed E-state index contributed by atoms with van der Waals surface area (Å²) in [5.74, 6) is 1.17. The first-order valence-electron chi connectivity index (χ1n) is 6.89. The van der Waals surface area contributed by atoms with Crippen LogP contribution in [0.1, 0.15) is 11.1 Å². The molecule has 1 N–H and O–H groups in total. The summed E-state index contributed by atoms with van der Waals surface area (Å²) in [6.45, 7) is 1.98. The van der Waals surface area contributed by atoms with E-state index in [0.29, 0.717) is 11.5 Å². The molecular weight excluding hydrogens is 278 g/mol. The Balaban J connectivity index is 2.09. The van der Waals surface area contributed by atoms with Crippen LogP contribution < -0.4 is 14.8 Å². The lowest BCUT2D eigenvalue weighted by atomic mass is 10.2. The van der Waals surface area contributed by atoms with Gasteiger partial charge in [0.05, 0.1) is 14.2 Å². The number of amides is 1. The van der Waals surface area contributed by atoms with E-state index in [1.165, 1.54) is 6.08 Å². The second-order valence-corrected chi connectivity index (χ2v) is 4.84. The van der Waals surface area contributed by atoms with Crippen molar-refractivity contribution in [2.24, 2.45) is 0 Å². The van der Waals surface area contributed by atoms with Crippen LogP contribution in [0.2, 0.25) is 0 Å². The van der Waals surface area contributed by atoms with Crippen LogP contribution in [0, 0.1) is 6.92 Å². The molecule has 2 aromatic carbocycles. The Labute approximate surface area is 130 Å². The molecule has 0 heterocycles. The Morgan fingerprint density at radius 3 is 2.32 bits per heavy atom. The van der Waals surface area contributed by atoms with Gasteiger partial charge in [0.2, 0.25) is 5.91 Å². The van der Waals surface area contributed by atoms with Gasteiger partial charge in [-0.25, -0.2) is 0 Å². The van der Waals surface area contributed by atoms with Gasteiger partial charge in [-0.3, -0.25) is 4.79 Å². The average Bonchev–Trinajstić information content (AvgIpc) is 2.52. The molecule has 0 spiro atoms. The van der Waals surface area contributed by atoms with E-state index in [9.17, 15) is 4.79 Å². The van der Waals surface area contributed by atoms with Gasteiger partial charge in [-0.15, -0.1) is 0 Å². The first-order valence-corrected chi connectivity index (χ1v) is 6.89. The lowest BCUT2D eigenvalue weighted by molar-refractivity contribution is -0.111. The quantitative estimate of drug-likeness (QED) is 0.857. The van der Waals surface area contributed by atoms with Gasteiger partial charge in [0.25, 0.3) is 0 Å². The molecule has 0 aromatic heterocycles. The van der Waals surface area contributed by atoms with Gasteiger partial charge < -0.3 is 14.8 Å². The van der Waals surface area contributed by atoms with Crippen LogP contribution in [-0.2, 0) is 4.79 Å². The van der Waals surface area contributed by atoms with Gasteiger partial charge >= 0.3 is 0 Å². The summed E-state index contributed by atoms with van der Waals surface area (Å²) in [6.07, 6.45) is 3.20. The summed E-state index contributed by atoms with van der Waals surface area (Å²) in [5, 5.41) is 2.82. The minimum absolute atomic E-state index is 0.188. The van der Waals surface area contributed by atoms with E-state index < -0.39 is 0 Å². The molecule has 0 aliphatic heterocycles. The molecule has 0 bridgehead atoms. The van der Waals surface area contributed by atoms with Gasteiger partial charge in [-0.1, -0.05) is 12.1 Å². The predicted molar refractivity (Wildman–Crippen MR) is 88.4 cm³/mol. The van der Waals surface area contributed by atoms with E-state index in [1.807, 2.05) is 43.3 Å². The summed E-state index contributed by atoms with van der Waals surface area (Å²) >= 11 is 0. The largest absolute Gasteiger partial charge is 0.497 e. The van der Waals surface area contributed by atoms with Gasteiger partial charge in [0.15, 0.2) is 0 Å². The smallest absolute Gasteiger partial charge is 0.248 e. The second kappa shape index (κ2) is 7.31. The molecule has 0 atom stereocenters.